The molecule has 6 heteroatoms. The molecule has 0 saturated carbocycles. The number of amides is 1. The molecule has 0 aliphatic carbocycles. The van der Waals surface area contributed by atoms with E-state index in [1.807, 2.05) is 0 Å². The second-order valence-electron chi connectivity index (χ2n) is 9.11. The van der Waals surface area contributed by atoms with E-state index in [1.54, 1.807) is 0 Å². The van der Waals surface area contributed by atoms with Crippen molar-refractivity contribution >= 4 is 5.91 Å². The summed E-state index contributed by atoms with van der Waals surface area (Å²) in [7, 11) is 0. The van der Waals surface area contributed by atoms with Crippen molar-refractivity contribution in [3.05, 3.63) is 70.5 Å². The average Bonchev–Trinajstić information content (AvgIpc) is 2.66. The number of hydrogen-bond donors (Lipinski definition) is 0. The summed E-state index contributed by atoms with van der Waals surface area (Å²) in [6.45, 7) is 7.43. The van der Waals surface area contributed by atoms with E-state index in [-0.39, 0.29) is 11.0 Å². The van der Waals surface area contributed by atoms with Crippen molar-refractivity contribution in [3.8, 4) is 0 Å². The molecule has 3 rings (SSSR count). The third kappa shape index (κ3) is 5.41. The number of rotatable bonds is 3. The largest absolute Gasteiger partial charge is 0.416 e. The molecular formula is C24H27F4NO. The van der Waals surface area contributed by atoms with E-state index in [4.69, 9.17) is 0 Å². The fourth-order valence-electron chi connectivity index (χ4n) is 3.87. The Kier molecular flexibility index (Phi) is 6.25. The van der Waals surface area contributed by atoms with Gasteiger partial charge in [-0.15, -0.1) is 0 Å². The van der Waals surface area contributed by atoms with E-state index in [2.05, 4.69) is 45.0 Å². The molecule has 0 aromatic heterocycles. The van der Waals surface area contributed by atoms with Gasteiger partial charge in [-0.2, -0.15) is 13.2 Å². The van der Waals surface area contributed by atoms with E-state index in [9.17, 15) is 22.4 Å². The Bertz CT molecular complexity index is 889. The Morgan fingerprint density at radius 3 is 2.10 bits per heavy atom. The van der Waals surface area contributed by atoms with Gasteiger partial charge in [0.15, 0.2) is 0 Å². The van der Waals surface area contributed by atoms with Crippen LogP contribution in [-0.4, -0.2) is 23.9 Å². The van der Waals surface area contributed by atoms with Crippen molar-refractivity contribution in [3.63, 3.8) is 0 Å². The highest BCUT2D eigenvalue weighted by molar-refractivity contribution is 5.94. The van der Waals surface area contributed by atoms with Gasteiger partial charge in [0.25, 0.3) is 5.91 Å². The number of nitrogens with zero attached hydrogens (tertiary/aromatic N) is 1. The van der Waals surface area contributed by atoms with Crippen LogP contribution in [0.25, 0.3) is 0 Å². The molecule has 2 aromatic rings. The Hall–Kier alpha value is -2.37. The first-order valence-electron chi connectivity index (χ1n) is 10.2. The predicted molar refractivity (Wildman–Crippen MR) is 109 cm³/mol. The molecule has 1 saturated heterocycles. The highest BCUT2D eigenvalue weighted by Crippen LogP contribution is 2.31. The molecule has 0 unspecified atom stereocenters. The number of piperidine rings is 1. The topological polar surface area (TPSA) is 20.3 Å². The monoisotopic (exact) mass is 421 g/mol. The zero-order valence-electron chi connectivity index (χ0n) is 17.5. The quantitative estimate of drug-likeness (QED) is 0.538. The van der Waals surface area contributed by atoms with E-state index in [0.717, 1.165) is 31.4 Å². The standard InChI is InChI=1S/C24H27F4NO/c1-23(2,3)19-6-4-16(5-7-19)12-17-8-10-29(11-9-17)22(30)18-13-20(24(26,27)28)15-21(25)14-18/h4-7,13-15,17H,8-12H2,1-3H3. The lowest BCUT2D eigenvalue weighted by atomic mass is 9.85. The van der Waals surface area contributed by atoms with E-state index in [1.165, 1.54) is 16.0 Å². The van der Waals surface area contributed by atoms with Gasteiger partial charge in [0.2, 0.25) is 0 Å². The van der Waals surface area contributed by atoms with Gasteiger partial charge in [-0.3, -0.25) is 4.79 Å². The summed E-state index contributed by atoms with van der Waals surface area (Å²) in [5.41, 5.74) is 1.23. The Morgan fingerprint density at radius 1 is 0.967 bits per heavy atom. The minimum Gasteiger partial charge on any atom is -0.339 e. The fourth-order valence-corrected chi connectivity index (χ4v) is 3.87. The molecule has 1 aliphatic heterocycles. The molecule has 1 heterocycles. The molecule has 0 N–H and O–H groups in total. The average molecular weight is 421 g/mol. The molecule has 2 aromatic carbocycles. The molecule has 1 fully saturated rings. The lowest BCUT2D eigenvalue weighted by Gasteiger charge is -2.32. The van der Waals surface area contributed by atoms with Crippen LogP contribution in [0.3, 0.4) is 0 Å². The molecule has 0 radical (unpaired) electrons. The number of likely N-dealkylation sites (tertiary alicyclic amines) is 1. The van der Waals surface area contributed by atoms with Gasteiger partial charge in [-0.1, -0.05) is 45.0 Å². The maximum atomic E-state index is 13.6. The van der Waals surface area contributed by atoms with Crippen molar-refractivity contribution in [2.45, 2.75) is 51.6 Å². The molecular weight excluding hydrogens is 394 g/mol. The molecule has 2 nitrogen and oxygen atoms in total. The fraction of sp³-hybridized carbons (Fsp3) is 0.458. The van der Waals surface area contributed by atoms with Gasteiger partial charge in [0.1, 0.15) is 5.82 Å². The van der Waals surface area contributed by atoms with Crippen LogP contribution in [-0.2, 0) is 18.0 Å². The van der Waals surface area contributed by atoms with Crippen LogP contribution in [0.15, 0.2) is 42.5 Å². The van der Waals surface area contributed by atoms with Crippen molar-refractivity contribution in [1.29, 1.82) is 0 Å². The minimum atomic E-state index is -4.69. The van der Waals surface area contributed by atoms with Crippen molar-refractivity contribution < 1.29 is 22.4 Å². The van der Waals surface area contributed by atoms with Gasteiger partial charge in [0.05, 0.1) is 5.56 Å². The van der Waals surface area contributed by atoms with E-state index < -0.39 is 23.5 Å². The second-order valence-corrected chi connectivity index (χ2v) is 9.11. The van der Waals surface area contributed by atoms with E-state index >= 15 is 0 Å². The molecule has 30 heavy (non-hydrogen) atoms. The summed E-state index contributed by atoms with van der Waals surface area (Å²) in [6, 6.07) is 10.6. The summed E-state index contributed by atoms with van der Waals surface area (Å²) in [4.78, 5) is 14.1. The SMILES string of the molecule is CC(C)(C)c1ccc(CC2CCN(C(=O)c3cc(F)cc(C(F)(F)F)c3)CC2)cc1. The van der Waals surface area contributed by atoms with Crippen LogP contribution in [0.4, 0.5) is 17.6 Å². The zero-order chi connectivity index (χ0) is 22.1. The maximum absolute atomic E-state index is 13.6. The molecule has 1 aliphatic rings. The van der Waals surface area contributed by atoms with Gasteiger partial charge in [-0.25, -0.2) is 4.39 Å². The number of alkyl halides is 3. The van der Waals surface area contributed by atoms with Crippen LogP contribution < -0.4 is 0 Å². The van der Waals surface area contributed by atoms with Gasteiger partial charge in [0, 0.05) is 18.7 Å². The minimum absolute atomic E-state index is 0.104. The van der Waals surface area contributed by atoms with Crippen LogP contribution in [0.2, 0.25) is 0 Å². The maximum Gasteiger partial charge on any atom is 0.416 e. The first kappa shape index (κ1) is 22.3. The summed E-state index contributed by atoms with van der Waals surface area (Å²) in [6.07, 6.45) is -2.24. The lowest BCUT2D eigenvalue weighted by molar-refractivity contribution is -0.137. The van der Waals surface area contributed by atoms with Crippen molar-refractivity contribution in [2.24, 2.45) is 5.92 Å². The zero-order valence-corrected chi connectivity index (χ0v) is 17.5. The Morgan fingerprint density at radius 2 is 1.57 bits per heavy atom. The van der Waals surface area contributed by atoms with Gasteiger partial charge in [-0.05, 0) is 59.9 Å². The third-order valence-corrected chi connectivity index (χ3v) is 5.72. The number of halogens is 4. The summed E-state index contributed by atoms with van der Waals surface area (Å²) >= 11 is 0. The number of carbonyl (C=O) groups is 1. The Balaban J connectivity index is 1.60. The van der Waals surface area contributed by atoms with Crippen LogP contribution >= 0.6 is 0 Å². The highest BCUT2D eigenvalue weighted by Gasteiger charge is 2.33. The number of hydrogen-bond acceptors (Lipinski definition) is 1. The van der Waals surface area contributed by atoms with Crippen LogP contribution in [0.1, 0.15) is 60.7 Å². The molecule has 1 amide bonds. The second kappa shape index (κ2) is 8.40. The Labute approximate surface area is 174 Å². The molecule has 162 valence electrons. The van der Waals surface area contributed by atoms with E-state index in [0.29, 0.717) is 25.1 Å². The summed E-state index contributed by atoms with van der Waals surface area (Å²) < 4.78 is 52.4. The predicted octanol–water partition coefficient (Wildman–Crippen LogP) is 6.24. The van der Waals surface area contributed by atoms with Crippen molar-refractivity contribution in [2.75, 3.05) is 13.1 Å². The summed E-state index contributed by atoms with van der Waals surface area (Å²) in [5.74, 6) is -1.19. The first-order valence-corrected chi connectivity index (χ1v) is 10.2. The normalized spacial score (nSPS) is 16.0. The molecule has 0 spiro atoms. The van der Waals surface area contributed by atoms with Crippen LogP contribution in [0, 0.1) is 11.7 Å². The third-order valence-electron chi connectivity index (χ3n) is 5.72. The van der Waals surface area contributed by atoms with Gasteiger partial charge < -0.3 is 4.90 Å². The first-order chi connectivity index (χ1) is 13.9. The van der Waals surface area contributed by atoms with Crippen LogP contribution in [0.5, 0.6) is 0 Å². The number of carbonyl (C=O) groups excluding carboxylic acids is 1. The summed E-state index contributed by atoms with van der Waals surface area (Å²) in [5, 5.41) is 0. The highest BCUT2D eigenvalue weighted by atomic mass is 19.4. The smallest absolute Gasteiger partial charge is 0.339 e. The molecule has 0 atom stereocenters. The van der Waals surface area contributed by atoms with Gasteiger partial charge >= 0.3 is 6.18 Å². The number of benzene rings is 2. The van der Waals surface area contributed by atoms with Crippen molar-refractivity contribution in [1.82, 2.24) is 4.90 Å². The molecule has 0 bridgehead atoms. The lowest BCUT2D eigenvalue weighted by Crippen LogP contribution is -2.39.